The number of rotatable bonds is 15. The number of nitrogens with zero attached hydrogens (tertiary/aromatic N) is 3. The molecular weight excluding hydrogens is 1070 g/mol. The van der Waals surface area contributed by atoms with Gasteiger partial charge in [-0.15, -0.1) is 0 Å². The smallest absolute Gasteiger partial charge is 0.143 e. The first-order chi connectivity index (χ1) is 43.6. The molecule has 0 atom stereocenters. The number of hydrogen-bond acceptors (Lipinski definition) is 4. The van der Waals surface area contributed by atoms with Gasteiger partial charge in [-0.2, -0.15) is 0 Å². The summed E-state index contributed by atoms with van der Waals surface area (Å²) >= 11 is 0. The van der Waals surface area contributed by atoms with E-state index in [0.29, 0.717) is 0 Å². The number of benzene rings is 14. The third-order valence-corrected chi connectivity index (χ3v) is 16.7. The molecule has 4 nitrogen and oxygen atoms in total. The van der Waals surface area contributed by atoms with Crippen molar-refractivity contribution in [2.45, 2.75) is 0 Å². The van der Waals surface area contributed by atoms with Gasteiger partial charge in [0.05, 0.1) is 17.1 Å². The highest BCUT2D eigenvalue weighted by molar-refractivity contribution is 6.09. The van der Waals surface area contributed by atoms with Crippen LogP contribution < -0.4 is 14.7 Å². The molecule has 15 rings (SSSR count). The molecule has 0 unspecified atom stereocenters. The summed E-state index contributed by atoms with van der Waals surface area (Å²) < 4.78 is 6.62. The third kappa shape index (κ3) is 10.7. The maximum atomic E-state index is 6.62. The lowest BCUT2D eigenvalue weighted by Crippen LogP contribution is -2.16. The minimum absolute atomic E-state index is 0.879. The van der Waals surface area contributed by atoms with Gasteiger partial charge in [0.2, 0.25) is 0 Å². The van der Waals surface area contributed by atoms with Crippen molar-refractivity contribution in [2.24, 2.45) is 0 Å². The zero-order valence-electron chi connectivity index (χ0n) is 48.3. The van der Waals surface area contributed by atoms with E-state index in [0.717, 1.165) is 118 Å². The summed E-state index contributed by atoms with van der Waals surface area (Å²) in [6, 6.07) is 129. The van der Waals surface area contributed by atoms with Crippen LogP contribution in [-0.2, 0) is 0 Å². The molecule has 0 saturated heterocycles. The van der Waals surface area contributed by atoms with Crippen LogP contribution in [0.4, 0.5) is 51.2 Å². The van der Waals surface area contributed by atoms with Crippen molar-refractivity contribution in [3.63, 3.8) is 0 Å². The summed E-state index contributed by atoms with van der Waals surface area (Å²) in [7, 11) is 0. The van der Waals surface area contributed by atoms with Crippen molar-refractivity contribution in [2.75, 3.05) is 14.7 Å². The molecule has 0 radical (unpaired) electrons. The maximum Gasteiger partial charge on any atom is 0.143 e. The third-order valence-electron chi connectivity index (χ3n) is 16.7. The Morgan fingerprint density at radius 2 is 0.409 bits per heavy atom. The van der Waals surface area contributed by atoms with E-state index in [1.54, 1.807) is 0 Å². The Hall–Kier alpha value is -11.7. The second-order valence-electron chi connectivity index (χ2n) is 22.1. The topological polar surface area (TPSA) is 22.9 Å². The van der Waals surface area contributed by atoms with E-state index in [4.69, 9.17) is 4.42 Å². The highest BCUT2D eigenvalue weighted by Gasteiger charge is 2.24. The Labute approximate surface area is 514 Å². The predicted molar refractivity (Wildman–Crippen MR) is 370 cm³/mol. The van der Waals surface area contributed by atoms with E-state index >= 15 is 0 Å². The number of furan rings is 1. The molecule has 0 bridgehead atoms. The van der Waals surface area contributed by atoms with E-state index < -0.39 is 0 Å². The summed E-state index contributed by atoms with van der Waals surface area (Å²) in [5.41, 5.74) is 24.4. The molecule has 0 spiro atoms. The van der Waals surface area contributed by atoms with Gasteiger partial charge in [0, 0.05) is 50.5 Å². The van der Waals surface area contributed by atoms with Crippen molar-refractivity contribution in [3.05, 3.63) is 358 Å². The Balaban J connectivity index is 0.960. The standard InChI is InChI=1S/C84H59N3O/c1-6-19-60(20-7-1)65-33-45-71(46-34-65)85(72-47-35-66(36-48-72)61-21-8-2-9-22-61)77-57-78(86(73-49-37-67(38-50-73)62-23-10-3-11-24-62)74-51-39-68(40-52-74)63-25-12-4-13-26-63)59-79(58-77)87(75-53-41-69(42-54-75)64-27-14-5-15-28-64)76-55-43-70(44-56-76)80-30-18-31-82-81-29-16-17-32-83(81)88-84(80)82/h1-59H. The summed E-state index contributed by atoms with van der Waals surface area (Å²) in [5, 5.41) is 2.21. The molecule has 0 saturated carbocycles. The van der Waals surface area contributed by atoms with Crippen LogP contribution in [-0.4, -0.2) is 0 Å². The molecule has 1 heterocycles. The van der Waals surface area contributed by atoms with E-state index in [1.165, 1.54) is 22.3 Å². The normalized spacial score (nSPS) is 11.2. The second-order valence-corrected chi connectivity index (χ2v) is 22.1. The monoisotopic (exact) mass is 1130 g/mol. The van der Waals surface area contributed by atoms with Crippen LogP contribution >= 0.6 is 0 Å². The molecule has 0 N–H and O–H groups in total. The van der Waals surface area contributed by atoms with Crippen molar-refractivity contribution < 1.29 is 4.42 Å². The van der Waals surface area contributed by atoms with Crippen LogP contribution in [0.25, 0.3) is 88.7 Å². The number of fused-ring (bicyclic) bond motifs is 3. The van der Waals surface area contributed by atoms with Crippen molar-refractivity contribution in [1.29, 1.82) is 0 Å². The fourth-order valence-electron chi connectivity index (χ4n) is 12.2. The quantitative estimate of drug-likeness (QED) is 0.102. The number of hydrogen-bond donors (Lipinski definition) is 0. The van der Waals surface area contributed by atoms with Gasteiger partial charge in [-0.1, -0.05) is 261 Å². The highest BCUT2D eigenvalue weighted by atomic mass is 16.3. The van der Waals surface area contributed by atoms with E-state index in [-0.39, 0.29) is 0 Å². The zero-order chi connectivity index (χ0) is 58.6. The van der Waals surface area contributed by atoms with E-state index in [1.807, 2.05) is 12.1 Å². The first-order valence-electron chi connectivity index (χ1n) is 30.0. The molecule has 88 heavy (non-hydrogen) atoms. The maximum absolute atomic E-state index is 6.62. The zero-order valence-corrected chi connectivity index (χ0v) is 48.3. The van der Waals surface area contributed by atoms with Gasteiger partial charge in [0.1, 0.15) is 11.2 Å². The van der Waals surface area contributed by atoms with Crippen molar-refractivity contribution in [3.8, 4) is 66.8 Å². The van der Waals surface area contributed by atoms with Crippen LogP contribution in [0.1, 0.15) is 0 Å². The predicted octanol–water partition coefficient (Wildman–Crippen LogP) is 24.0. The SMILES string of the molecule is c1ccc(-c2ccc(N(c3ccc(-c4ccccc4)cc3)c3cc(N(c4ccc(-c5ccccc5)cc4)c4ccc(-c5ccccc5)cc4)cc(N(c4ccc(-c5ccccc5)cc4)c4ccc(-c5cccc6c5oc5ccccc56)cc4)c3)cc2)cc1. The Morgan fingerprint density at radius 3 is 0.705 bits per heavy atom. The van der Waals surface area contributed by atoms with Gasteiger partial charge in [0.15, 0.2) is 0 Å². The van der Waals surface area contributed by atoms with E-state index in [9.17, 15) is 0 Å². The molecule has 0 aliphatic heterocycles. The van der Waals surface area contributed by atoms with Crippen LogP contribution in [0.2, 0.25) is 0 Å². The summed E-state index contributed by atoms with van der Waals surface area (Å²) in [5.74, 6) is 0. The summed E-state index contributed by atoms with van der Waals surface area (Å²) in [4.78, 5) is 7.21. The second kappa shape index (κ2) is 23.7. The fraction of sp³-hybridized carbons (Fsp3) is 0. The molecule has 14 aromatic carbocycles. The van der Waals surface area contributed by atoms with Gasteiger partial charge in [0.25, 0.3) is 0 Å². The molecular formula is C84H59N3O. The molecule has 1 aromatic heterocycles. The van der Waals surface area contributed by atoms with E-state index in [2.05, 4.69) is 360 Å². The average Bonchev–Trinajstić information content (AvgIpc) is 1.59. The first-order valence-corrected chi connectivity index (χ1v) is 30.0. The molecule has 4 heteroatoms. The van der Waals surface area contributed by atoms with Gasteiger partial charge in [-0.3, -0.25) is 0 Å². The summed E-state index contributed by atoms with van der Waals surface area (Å²) in [6.07, 6.45) is 0. The summed E-state index contributed by atoms with van der Waals surface area (Å²) in [6.45, 7) is 0. The van der Waals surface area contributed by atoms with Crippen LogP contribution in [0, 0.1) is 0 Å². The largest absolute Gasteiger partial charge is 0.455 e. The Bertz CT molecular complexity index is 4470. The van der Waals surface area contributed by atoms with Gasteiger partial charge >= 0.3 is 0 Å². The fourth-order valence-corrected chi connectivity index (χ4v) is 12.2. The van der Waals surface area contributed by atoms with Gasteiger partial charge < -0.3 is 19.1 Å². The van der Waals surface area contributed by atoms with Crippen LogP contribution in [0.3, 0.4) is 0 Å². The minimum atomic E-state index is 0.879. The number of para-hydroxylation sites is 2. The van der Waals surface area contributed by atoms with Crippen LogP contribution in [0.5, 0.6) is 0 Å². The van der Waals surface area contributed by atoms with Crippen molar-refractivity contribution >= 4 is 73.1 Å². The Kier molecular flexibility index (Phi) is 14.3. The van der Waals surface area contributed by atoms with Gasteiger partial charge in [-0.05, 0) is 158 Å². The van der Waals surface area contributed by atoms with Crippen molar-refractivity contribution in [1.82, 2.24) is 0 Å². The molecule has 0 amide bonds. The minimum Gasteiger partial charge on any atom is -0.455 e. The lowest BCUT2D eigenvalue weighted by molar-refractivity contribution is 0.670. The molecule has 0 aliphatic carbocycles. The van der Waals surface area contributed by atoms with Crippen LogP contribution in [0.15, 0.2) is 362 Å². The Morgan fingerprint density at radius 1 is 0.170 bits per heavy atom. The van der Waals surface area contributed by atoms with Gasteiger partial charge in [-0.25, -0.2) is 0 Å². The first kappa shape index (κ1) is 53.0. The number of anilines is 9. The average molecular weight is 1130 g/mol. The molecule has 0 fully saturated rings. The molecule has 0 aliphatic rings. The lowest BCUT2D eigenvalue weighted by Gasteiger charge is -2.33. The highest BCUT2D eigenvalue weighted by Crippen LogP contribution is 2.48. The molecule has 15 aromatic rings. The lowest BCUT2D eigenvalue weighted by atomic mass is 10.0. The molecule has 416 valence electrons.